The number of oxazole rings is 1. The van der Waals surface area contributed by atoms with E-state index < -0.39 is 5.97 Å². The summed E-state index contributed by atoms with van der Waals surface area (Å²) in [6.07, 6.45) is 4.68. The number of aromatic carboxylic acids is 1. The molecule has 2 atom stereocenters. The Morgan fingerprint density at radius 1 is 1.53 bits per heavy atom. The van der Waals surface area contributed by atoms with Crippen molar-refractivity contribution in [2.24, 2.45) is 0 Å². The SMILES string of the molecule is O=C(O)c1coc(N2CCOC3CCCC32)n1. The molecule has 0 aromatic carbocycles. The number of aromatic nitrogens is 1. The van der Waals surface area contributed by atoms with E-state index in [1.165, 1.54) is 6.26 Å². The average Bonchev–Trinajstić information content (AvgIpc) is 2.97. The van der Waals surface area contributed by atoms with Crippen molar-refractivity contribution in [1.29, 1.82) is 0 Å². The molecule has 6 nitrogen and oxygen atoms in total. The molecule has 1 N–H and O–H groups in total. The van der Waals surface area contributed by atoms with Gasteiger partial charge in [0, 0.05) is 6.54 Å². The van der Waals surface area contributed by atoms with Crippen molar-refractivity contribution in [3.63, 3.8) is 0 Å². The molecule has 0 radical (unpaired) electrons. The number of hydrogen-bond acceptors (Lipinski definition) is 5. The minimum absolute atomic E-state index is 0.0407. The summed E-state index contributed by atoms with van der Waals surface area (Å²) in [6, 6.07) is 0.687. The van der Waals surface area contributed by atoms with Gasteiger partial charge in [-0.15, -0.1) is 0 Å². The van der Waals surface area contributed by atoms with Crippen molar-refractivity contribution in [3.8, 4) is 0 Å². The van der Waals surface area contributed by atoms with Gasteiger partial charge in [-0.05, 0) is 19.3 Å². The van der Waals surface area contributed by atoms with E-state index in [1.54, 1.807) is 0 Å². The van der Waals surface area contributed by atoms with E-state index in [4.69, 9.17) is 14.3 Å². The molecule has 2 fully saturated rings. The topological polar surface area (TPSA) is 75.8 Å². The van der Waals surface area contributed by atoms with Gasteiger partial charge in [-0.25, -0.2) is 4.79 Å². The second-order valence-corrected chi connectivity index (χ2v) is 4.42. The van der Waals surface area contributed by atoms with Crippen molar-refractivity contribution in [1.82, 2.24) is 4.98 Å². The average molecular weight is 238 g/mol. The molecule has 2 unspecified atom stereocenters. The summed E-state index contributed by atoms with van der Waals surface area (Å²) >= 11 is 0. The van der Waals surface area contributed by atoms with Crippen molar-refractivity contribution < 1.29 is 19.1 Å². The molecule has 2 heterocycles. The third-order valence-corrected chi connectivity index (χ3v) is 3.44. The molecule has 0 amide bonds. The first kappa shape index (κ1) is 10.6. The van der Waals surface area contributed by atoms with E-state index in [0.717, 1.165) is 19.3 Å². The summed E-state index contributed by atoms with van der Waals surface area (Å²) in [4.78, 5) is 16.8. The third kappa shape index (κ3) is 1.78. The molecule has 6 heteroatoms. The lowest BCUT2D eigenvalue weighted by Crippen LogP contribution is -2.48. The largest absolute Gasteiger partial charge is 0.476 e. The van der Waals surface area contributed by atoms with Gasteiger partial charge in [0.1, 0.15) is 6.26 Å². The van der Waals surface area contributed by atoms with E-state index in [2.05, 4.69) is 4.98 Å². The van der Waals surface area contributed by atoms with Crippen LogP contribution in [0.2, 0.25) is 0 Å². The zero-order valence-corrected chi connectivity index (χ0v) is 9.33. The Morgan fingerprint density at radius 2 is 2.41 bits per heavy atom. The number of rotatable bonds is 2. The van der Waals surface area contributed by atoms with Gasteiger partial charge in [0.15, 0.2) is 5.69 Å². The van der Waals surface area contributed by atoms with Crippen LogP contribution in [0.1, 0.15) is 29.8 Å². The number of fused-ring (bicyclic) bond motifs is 1. The molecule has 17 heavy (non-hydrogen) atoms. The Kier molecular flexibility index (Phi) is 2.51. The molecule has 1 aromatic rings. The molecule has 1 saturated carbocycles. The summed E-state index contributed by atoms with van der Waals surface area (Å²) in [5.41, 5.74) is -0.0407. The molecule has 92 valence electrons. The van der Waals surface area contributed by atoms with Gasteiger partial charge in [-0.3, -0.25) is 0 Å². The first-order chi connectivity index (χ1) is 8.25. The normalized spacial score (nSPS) is 28.1. The van der Waals surface area contributed by atoms with Gasteiger partial charge in [0.25, 0.3) is 6.01 Å². The van der Waals surface area contributed by atoms with Crippen LogP contribution >= 0.6 is 0 Å². The maximum atomic E-state index is 10.8. The Morgan fingerprint density at radius 3 is 3.18 bits per heavy atom. The van der Waals surface area contributed by atoms with Crippen LogP contribution in [-0.4, -0.2) is 41.4 Å². The lowest BCUT2D eigenvalue weighted by atomic mass is 10.1. The number of carboxylic acids is 1. The zero-order chi connectivity index (χ0) is 11.8. The first-order valence-electron chi connectivity index (χ1n) is 5.83. The molecule has 0 bridgehead atoms. The molecule has 3 rings (SSSR count). The highest BCUT2D eigenvalue weighted by atomic mass is 16.5. The van der Waals surface area contributed by atoms with Gasteiger partial charge in [0.05, 0.1) is 18.8 Å². The van der Waals surface area contributed by atoms with Crippen LogP contribution in [0.25, 0.3) is 0 Å². The Balaban J connectivity index is 1.84. The van der Waals surface area contributed by atoms with Crippen LogP contribution in [0.15, 0.2) is 10.7 Å². The van der Waals surface area contributed by atoms with Gasteiger partial charge in [0.2, 0.25) is 0 Å². The fourth-order valence-electron chi connectivity index (χ4n) is 2.66. The van der Waals surface area contributed by atoms with E-state index in [0.29, 0.717) is 19.2 Å². The maximum absolute atomic E-state index is 10.8. The third-order valence-electron chi connectivity index (χ3n) is 3.44. The van der Waals surface area contributed by atoms with Crippen molar-refractivity contribution >= 4 is 12.0 Å². The quantitative estimate of drug-likeness (QED) is 0.832. The summed E-state index contributed by atoms with van der Waals surface area (Å²) in [5.74, 6) is -1.06. The lowest BCUT2D eigenvalue weighted by Gasteiger charge is -2.36. The molecule has 2 aliphatic rings. The Hall–Kier alpha value is -1.56. The molecule has 1 saturated heterocycles. The van der Waals surface area contributed by atoms with E-state index >= 15 is 0 Å². The number of nitrogens with zero attached hydrogens (tertiary/aromatic N) is 2. The van der Waals surface area contributed by atoms with Crippen molar-refractivity contribution in [3.05, 3.63) is 12.0 Å². The highest BCUT2D eigenvalue weighted by Gasteiger charge is 2.38. The van der Waals surface area contributed by atoms with Crippen molar-refractivity contribution in [2.45, 2.75) is 31.4 Å². The smallest absolute Gasteiger partial charge is 0.357 e. The summed E-state index contributed by atoms with van der Waals surface area (Å²) in [5, 5.41) is 8.82. The van der Waals surface area contributed by atoms with Crippen LogP contribution in [0.5, 0.6) is 0 Å². The summed E-state index contributed by atoms with van der Waals surface area (Å²) in [6.45, 7) is 1.35. The molecule has 0 spiro atoms. The Bertz CT molecular complexity index is 431. The molecular weight excluding hydrogens is 224 g/mol. The van der Waals surface area contributed by atoms with Gasteiger partial charge >= 0.3 is 5.97 Å². The number of anilines is 1. The fraction of sp³-hybridized carbons (Fsp3) is 0.636. The molecule has 1 aliphatic heterocycles. The van der Waals surface area contributed by atoms with E-state index in [-0.39, 0.29) is 17.8 Å². The number of ether oxygens (including phenoxy) is 1. The van der Waals surface area contributed by atoms with Gasteiger partial charge in [-0.1, -0.05) is 0 Å². The van der Waals surface area contributed by atoms with Gasteiger partial charge in [-0.2, -0.15) is 4.98 Å². The highest BCUT2D eigenvalue weighted by Crippen LogP contribution is 2.32. The standard InChI is InChI=1S/C11H14N2O4/c14-10(15)7-6-17-11(12-7)13-4-5-16-9-3-1-2-8(9)13/h6,8-9H,1-5H2,(H,14,15). The van der Waals surface area contributed by atoms with Crippen LogP contribution in [0.3, 0.4) is 0 Å². The number of morpholine rings is 1. The van der Waals surface area contributed by atoms with Crippen molar-refractivity contribution in [2.75, 3.05) is 18.1 Å². The second kappa shape index (κ2) is 4.03. The highest BCUT2D eigenvalue weighted by molar-refractivity contribution is 5.85. The first-order valence-corrected chi connectivity index (χ1v) is 5.83. The number of carboxylic acid groups (broad SMARTS) is 1. The molecular formula is C11H14N2O4. The van der Waals surface area contributed by atoms with E-state index in [1.807, 2.05) is 4.90 Å². The minimum Gasteiger partial charge on any atom is -0.476 e. The van der Waals surface area contributed by atoms with Crippen LogP contribution in [0.4, 0.5) is 6.01 Å². The predicted molar refractivity (Wildman–Crippen MR) is 58.2 cm³/mol. The number of carbonyl (C=O) groups is 1. The minimum atomic E-state index is -1.06. The summed E-state index contributed by atoms with van der Waals surface area (Å²) < 4.78 is 10.9. The number of hydrogen-bond donors (Lipinski definition) is 1. The Labute approximate surface area is 98.2 Å². The zero-order valence-electron chi connectivity index (χ0n) is 9.33. The van der Waals surface area contributed by atoms with Crippen LogP contribution in [-0.2, 0) is 4.74 Å². The lowest BCUT2D eigenvalue weighted by molar-refractivity contribution is 0.0236. The van der Waals surface area contributed by atoms with E-state index in [9.17, 15) is 4.79 Å². The second-order valence-electron chi connectivity index (χ2n) is 4.42. The molecule has 1 aromatic heterocycles. The van der Waals surface area contributed by atoms with Gasteiger partial charge < -0.3 is 19.2 Å². The monoisotopic (exact) mass is 238 g/mol. The van der Waals surface area contributed by atoms with Crippen LogP contribution in [0, 0.1) is 0 Å². The maximum Gasteiger partial charge on any atom is 0.357 e. The predicted octanol–water partition coefficient (Wildman–Crippen LogP) is 1.13. The summed E-state index contributed by atoms with van der Waals surface area (Å²) in [7, 11) is 0. The van der Waals surface area contributed by atoms with Crippen LogP contribution < -0.4 is 4.90 Å². The fourth-order valence-corrected chi connectivity index (χ4v) is 2.66. The molecule has 1 aliphatic carbocycles.